The lowest BCUT2D eigenvalue weighted by molar-refractivity contribution is 0.0204. The maximum atomic E-state index is 12.2. The Labute approximate surface area is 150 Å². The summed E-state index contributed by atoms with van der Waals surface area (Å²) in [5, 5.41) is 1.03. The molecule has 0 saturated carbocycles. The number of amides is 1. The summed E-state index contributed by atoms with van der Waals surface area (Å²) in [7, 11) is 0. The average molecular weight is 392 g/mol. The predicted octanol–water partition coefficient (Wildman–Crippen LogP) is 4.51. The third-order valence-corrected chi connectivity index (χ3v) is 4.93. The molecule has 0 bridgehead atoms. The SMILES string of the molecule is CC(C)(C)OC(=O)N1CCC(c2ncc3cccnc3c2Br)CC1. The minimum atomic E-state index is -0.456. The summed E-state index contributed by atoms with van der Waals surface area (Å²) in [5.41, 5.74) is 1.52. The van der Waals surface area contributed by atoms with E-state index in [0.717, 1.165) is 33.9 Å². The van der Waals surface area contributed by atoms with Crippen molar-refractivity contribution in [2.75, 3.05) is 13.1 Å². The molecule has 0 spiro atoms. The van der Waals surface area contributed by atoms with Crippen molar-refractivity contribution in [1.82, 2.24) is 14.9 Å². The largest absolute Gasteiger partial charge is 0.444 e. The zero-order valence-electron chi connectivity index (χ0n) is 14.3. The molecule has 1 saturated heterocycles. The highest BCUT2D eigenvalue weighted by atomic mass is 79.9. The van der Waals surface area contributed by atoms with Crippen LogP contribution in [-0.4, -0.2) is 39.7 Å². The van der Waals surface area contributed by atoms with Gasteiger partial charge in [0.2, 0.25) is 0 Å². The summed E-state index contributed by atoms with van der Waals surface area (Å²) in [4.78, 5) is 23.0. The van der Waals surface area contributed by atoms with Gasteiger partial charge in [0.25, 0.3) is 0 Å². The highest BCUT2D eigenvalue weighted by molar-refractivity contribution is 9.10. The van der Waals surface area contributed by atoms with Crippen LogP contribution in [0, 0.1) is 0 Å². The van der Waals surface area contributed by atoms with Crippen molar-refractivity contribution in [3.63, 3.8) is 0 Å². The normalized spacial score (nSPS) is 16.4. The van der Waals surface area contributed by atoms with Crippen LogP contribution >= 0.6 is 15.9 Å². The van der Waals surface area contributed by atoms with E-state index in [2.05, 4.69) is 25.9 Å². The molecule has 3 heterocycles. The molecule has 0 aromatic carbocycles. The number of hydrogen-bond acceptors (Lipinski definition) is 4. The predicted molar refractivity (Wildman–Crippen MR) is 97.0 cm³/mol. The van der Waals surface area contributed by atoms with Crippen LogP contribution in [0.2, 0.25) is 0 Å². The first-order chi connectivity index (χ1) is 11.3. The Morgan fingerprint density at radius 1 is 1.29 bits per heavy atom. The van der Waals surface area contributed by atoms with E-state index in [1.54, 1.807) is 11.1 Å². The molecule has 6 heteroatoms. The maximum Gasteiger partial charge on any atom is 0.410 e. The smallest absolute Gasteiger partial charge is 0.410 e. The lowest BCUT2D eigenvalue weighted by atomic mass is 9.93. The van der Waals surface area contributed by atoms with Crippen LogP contribution in [0.1, 0.15) is 45.2 Å². The van der Waals surface area contributed by atoms with E-state index in [4.69, 9.17) is 4.74 Å². The van der Waals surface area contributed by atoms with E-state index in [1.807, 2.05) is 39.1 Å². The highest BCUT2D eigenvalue weighted by Gasteiger charge is 2.29. The van der Waals surface area contributed by atoms with E-state index in [-0.39, 0.29) is 6.09 Å². The Kier molecular flexibility index (Phi) is 4.76. The molecule has 3 rings (SSSR count). The van der Waals surface area contributed by atoms with E-state index >= 15 is 0 Å². The van der Waals surface area contributed by atoms with Crippen LogP contribution in [0.4, 0.5) is 4.79 Å². The third-order valence-electron chi connectivity index (χ3n) is 4.15. The fourth-order valence-corrected chi connectivity index (χ4v) is 3.73. The molecule has 0 unspecified atom stereocenters. The molecular weight excluding hydrogens is 370 g/mol. The standard InChI is InChI=1S/C18H22BrN3O2/c1-18(2,3)24-17(23)22-9-6-12(7-10-22)15-14(19)16-13(11-21-15)5-4-8-20-16/h4-5,8,11-12H,6-7,9-10H2,1-3H3. The molecule has 1 amide bonds. The summed E-state index contributed by atoms with van der Waals surface area (Å²) < 4.78 is 6.42. The summed E-state index contributed by atoms with van der Waals surface area (Å²) in [6, 6.07) is 3.92. The second kappa shape index (κ2) is 6.67. The van der Waals surface area contributed by atoms with E-state index in [9.17, 15) is 4.79 Å². The van der Waals surface area contributed by atoms with Gasteiger partial charge in [-0.05, 0) is 61.7 Å². The number of carbonyl (C=O) groups excluding carboxylic acids is 1. The highest BCUT2D eigenvalue weighted by Crippen LogP contribution is 2.34. The number of likely N-dealkylation sites (tertiary alicyclic amines) is 1. The first-order valence-corrected chi connectivity index (χ1v) is 9.01. The van der Waals surface area contributed by atoms with Crippen LogP contribution in [0.5, 0.6) is 0 Å². The molecule has 0 N–H and O–H groups in total. The first kappa shape index (κ1) is 17.1. The van der Waals surface area contributed by atoms with Crippen molar-refractivity contribution in [2.45, 2.75) is 45.1 Å². The molecule has 2 aromatic heterocycles. The van der Waals surface area contributed by atoms with E-state index in [0.29, 0.717) is 19.0 Å². The molecule has 5 nitrogen and oxygen atoms in total. The van der Waals surface area contributed by atoms with Crippen LogP contribution in [0.15, 0.2) is 29.0 Å². The quantitative estimate of drug-likeness (QED) is 0.717. The molecule has 1 aliphatic heterocycles. The van der Waals surface area contributed by atoms with Gasteiger partial charge in [0.15, 0.2) is 0 Å². The topological polar surface area (TPSA) is 55.3 Å². The van der Waals surface area contributed by atoms with Crippen molar-refractivity contribution >= 4 is 32.9 Å². The number of hydrogen-bond donors (Lipinski definition) is 0. The number of halogens is 1. The molecular formula is C18H22BrN3O2. The fourth-order valence-electron chi connectivity index (χ4n) is 2.97. The van der Waals surface area contributed by atoms with Gasteiger partial charge in [-0.25, -0.2) is 4.79 Å². The zero-order chi connectivity index (χ0) is 17.3. The number of carbonyl (C=O) groups is 1. The number of aromatic nitrogens is 2. The minimum Gasteiger partial charge on any atom is -0.444 e. The van der Waals surface area contributed by atoms with Gasteiger partial charge in [-0.15, -0.1) is 0 Å². The first-order valence-electron chi connectivity index (χ1n) is 8.22. The van der Waals surface area contributed by atoms with Gasteiger partial charge in [0, 0.05) is 36.8 Å². The van der Waals surface area contributed by atoms with Crippen LogP contribution in [-0.2, 0) is 4.74 Å². The van der Waals surface area contributed by atoms with E-state index < -0.39 is 5.60 Å². The molecule has 0 radical (unpaired) electrons. The van der Waals surface area contributed by atoms with Gasteiger partial charge in [-0.1, -0.05) is 0 Å². The van der Waals surface area contributed by atoms with Crippen molar-refractivity contribution in [3.05, 3.63) is 34.7 Å². The number of fused-ring (bicyclic) bond motifs is 1. The number of nitrogens with zero attached hydrogens (tertiary/aromatic N) is 3. The number of ether oxygens (including phenoxy) is 1. The second-order valence-electron chi connectivity index (χ2n) is 7.14. The van der Waals surface area contributed by atoms with Gasteiger partial charge in [0.1, 0.15) is 5.60 Å². The minimum absolute atomic E-state index is 0.229. The van der Waals surface area contributed by atoms with Crippen LogP contribution in [0.25, 0.3) is 10.9 Å². The van der Waals surface area contributed by atoms with Crippen molar-refractivity contribution < 1.29 is 9.53 Å². The molecule has 1 fully saturated rings. The van der Waals surface area contributed by atoms with Crippen LogP contribution < -0.4 is 0 Å². The van der Waals surface area contributed by atoms with Crippen molar-refractivity contribution in [3.8, 4) is 0 Å². The Morgan fingerprint density at radius 2 is 2.00 bits per heavy atom. The van der Waals surface area contributed by atoms with Gasteiger partial charge < -0.3 is 9.64 Å². The lowest BCUT2D eigenvalue weighted by Crippen LogP contribution is -2.41. The maximum absolute atomic E-state index is 12.2. The van der Waals surface area contributed by atoms with E-state index in [1.165, 1.54) is 0 Å². The summed E-state index contributed by atoms with van der Waals surface area (Å²) >= 11 is 3.67. The van der Waals surface area contributed by atoms with Gasteiger partial charge >= 0.3 is 6.09 Å². The summed E-state index contributed by atoms with van der Waals surface area (Å²) in [6.07, 6.45) is 5.20. The lowest BCUT2D eigenvalue weighted by Gasteiger charge is -2.33. The van der Waals surface area contributed by atoms with Crippen molar-refractivity contribution in [2.24, 2.45) is 0 Å². The monoisotopic (exact) mass is 391 g/mol. The molecule has 128 valence electrons. The van der Waals surface area contributed by atoms with Crippen LogP contribution in [0.3, 0.4) is 0 Å². The number of rotatable bonds is 1. The number of pyridine rings is 2. The number of piperidine rings is 1. The Bertz CT molecular complexity index is 750. The average Bonchev–Trinajstić information content (AvgIpc) is 2.54. The Morgan fingerprint density at radius 3 is 2.67 bits per heavy atom. The summed E-state index contributed by atoms with van der Waals surface area (Å²) in [6.45, 7) is 7.05. The van der Waals surface area contributed by atoms with Gasteiger partial charge in [-0.2, -0.15) is 0 Å². The third kappa shape index (κ3) is 3.69. The van der Waals surface area contributed by atoms with Gasteiger partial charge in [0.05, 0.1) is 15.7 Å². The Hall–Kier alpha value is -1.69. The van der Waals surface area contributed by atoms with Gasteiger partial charge in [-0.3, -0.25) is 9.97 Å². The molecule has 2 aromatic rings. The second-order valence-corrected chi connectivity index (χ2v) is 7.93. The van der Waals surface area contributed by atoms with Crippen molar-refractivity contribution in [1.29, 1.82) is 0 Å². The summed E-state index contributed by atoms with van der Waals surface area (Å²) in [5.74, 6) is 0.324. The zero-order valence-corrected chi connectivity index (χ0v) is 15.8. The molecule has 0 atom stereocenters. The fraction of sp³-hybridized carbons (Fsp3) is 0.500. The molecule has 0 aliphatic carbocycles. The Balaban J connectivity index is 1.71. The molecule has 1 aliphatic rings. The molecule has 24 heavy (non-hydrogen) atoms.